The topological polar surface area (TPSA) is 73.2 Å². The number of carbonyl (C=O) groups excluding carboxylic acids is 2. The number of benzene rings is 1. The summed E-state index contributed by atoms with van der Waals surface area (Å²) in [4.78, 5) is 24.0. The highest BCUT2D eigenvalue weighted by Crippen LogP contribution is 2.35. The number of alkyl halides is 1. The predicted molar refractivity (Wildman–Crippen MR) is 88.9 cm³/mol. The van der Waals surface area contributed by atoms with Crippen LogP contribution in [0.3, 0.4) is 0 Å². The number of rotatable bonds is 5. The second kappa shape index (κ2) is 6.72. The Labute approximate surface area is 146 Å². The molecule has 24 heavy (non-hydrogen) atoms. The molecule has 1 aliphatic carbocycles. The summed E-state index contributed by atoms with van der Waals surface area (Å²) in [5, 5.41) is 6.78. The molecule has 1 saturated carbocycles. The minimum absolute atomic E-state index is 0.0127. The quantitative estimate of drug-likeness (QED) is 0.789. The Hall–Kier alpha value is -2.22. The highest BCUT2D eigenvalue weighted by molar-refractivity contribution is 9.10. The lowest BCUT2D eigenvalue weighted by molar-refractivity contribution is -0.117. The van der Waals surface area contributed by atoms with Crippen molar-refractivity contribution in [2.75, 3.05) is 11.9 Å². The number of hydrogen-bond acceptors (Lipinski definition) is 4. The van der Waals surface area contributed by atoms with Gasteiger partial charge in [-0.15, -0.1) is 0 Å². The first-order valence-corrected chi connectivity index (χ1v) is 8.26. The Balaban J connectivity index is 1.92. The van der Waals surface area contributed by atoms with Crippen molar-refractivity contribution in [3.05, 3.63) is 40.6 Å². The molecule has 1 fully saturated rings. The molecule has 1 N–H and O–H groups in total. The Morgan fingerprint density at radius 2 is 2.25 bits per heavy atom. The molecule has 0 spiro atoms. The van der Waals surface area contributed by atoms with Gasteiger partial charge >= 0.3 is 5.97 Å². The molecule has 0 radical (unpaired) electrons. The number of anilines is 1. The van der Waals surface area contributed by atoms with Crippen molar-refractivity contribution in [2.45, 2.75) is 19.5 Å². The Morgan fingerprint density at radius 1 is 1.50 bits per heavy atom. The molecule has 2 unspecified atom stereocenters. The zero-order valence-electron chi connectivity index (χ0n) is 12.8. The maximum absolute atomic E-state index is 13.0. The maximum atomic E-state index is 13.0. The molecule has 2 atom stereocenters. The van der Waals surface area contributed by atoms with Crippen LogP contribution in [0.1, 0.15) is 23.8 Å². The van der Waals surface area contributed by atoms with Gasteiger partial charge in [-0.1, -0.05) is 22.0 Å². The zero-order valence-corrected chi connectivity index (χ0v) is 14.4. The first-order valence-electron chi connectivity index (χ1n) is 7.47. The summed E-state index contributed by atoms with van der Waals surface area (Å²) in [5.74, 6) is -1.76. The number of aromatic nitrogens is 2. The molecule has 1 amide bonds. The molecule has 0 saturated heterocycles. The lowest BCUT2D eigenvalue weighted by atomic mass is 10.3. The van der Waals surface area contributed by atoms with Gasteiger partial charge < -0.3 is 10.1 Å². The van der Waals surface area contributed by atoms with Crippen molar-refractivity contribution in [3.8, 4) is 5.69 Å². The van der Waals surface area contributed by atoms with Crippen molar-refractivity contribution in [3.63, 3.8) is 0 Å². The average Bonchev–Trinajstić information content (AvgIpc) is 3.13. The summed E-state index contributed by atoms with van der Waals surface area (Å²) >= 11 is 3.37. The molecule has 6 nitrogen and oxygen atoms in total. The summed E-state index contributed by atoms with van der Waals surface area (Å²) < 4.78 is 20.3. The Bertz CT molecular complexity index is 793. The van der Waals surface area contributed by atoms with Gasteiger partial charge in [-0.25, -0.2) is 13.9 Å². The number of nitrogens with zero attached hydrogens (tertiary/aromatic N) is 2. The fourth-order valence-corrected chi connectivity index (χ4v) is 2.61. The first-order chi connectivity index (χ1) is 11.5. The van der Waals surface area contributed by atoms with Crippen LogP contribution in [-0.4, -0.2) is 34.4 Å². The van der Waals surface area contributed by atoms with Crippen LogP contribution in [0.2, 0.25) is 0 Å². The van der Waals surface area contributed by atoms with E-state index in [1.807, 2.05) is 18.2 Å². The summed E-state index contributed by atoms with van der Waals surface area (Å²) in [6.07, 6.45) is 0.609. The number of carbonyl (C=O) groups is 2. The third-order valence-electron chi connectivity index (χ3n) is 3.56. The van der Waals surface area contributed by atoms with Crippen molar-refractivity contribution in [1.29, 1.82) is 0 Å². The molecule has 126 valence electrons. The number of ether oxygens (including phenoxy) is 1. The van der Waals surface area contributed by atoms with E-state index in [0.717, 1.165) is 4.47 Å². The van der Waals surface area contributed by atoms with Gasteiger partial charge in [0.1, 0.15) is 6.17 Å². The van der Waals surface area contributed by atoms with Gasteiger partial charge in [0, 0.05) is 4.47 Å². The largest absolute Gasteiger partial charge is 0.461 e. The number of amides is 1. The van der Waals surface area contributed by atoms with E-state index in [-0.39, 0.29) is 24.4 Å². The fourth-order valence-electron chi connectivity index (χ4n) is 2.23. The molecule has 0 bridgehead atoms. The molecular weight excluding hydrogens is 381 g/mol. The van der Waals surface area contributed by atoms with Crippen molar-refractivity contribution >= 4 is 33.5 Å². The van der Waals surface area contributed by atoms with E-state index in [1.54, 1.807) is 13.0 Å². The number of hydrogen-bond donors (Lipinski definition) is 1. The SMILES string of the molecule is CCOC(=O)c1nn(-c2cccc(Br)c2)cc1NC(=O)C1CC1F. The van der Waals surface area contributed by atoms with Crippen molar-refractivity contribution < 1.29 is 18.7 Å². The maximum Gasteiger partial charge on any atom is 0.361 e. The van der Waals surface area contributed by atoms with Gasteiger partial charge in [-0.2, -0.15) is 5.10 Å². The van der Waals surface area contributed by atoms with Crippen LogP contribution in [0.25, 0.3) is 5.69 Å². The standard InChI is InChI=1S/C16H15BrFN3O3/c1-2-24-16(23)14-13(19-15(22)11-7-12(11)18)8-21(20-14)10-5-3-4-9(17)6-10/h3-6,8,11-12H,2,7H2,1H3,(H,19,22). The molecule has 2 aromatic rings. The van der Waals surface area contributed by atoms with Crippen LogP contribution in [0.4, 0.5) is 10.1 Å². The third kappa shape index (κ3) is 3.48. The van der Waals surface area contributed by atoms with Gasteiger partial charge in [0.25, 0.3) is 0 Å². The number of halogens is 2. The molecule has 3 rings (SSSR count). The second-order valence-electron chi connectivity index (χ2n) is 5.38. The summed E-state index contributed by atoms with van der Waals surface area (Å²) in [6, 6.07) is 7.29. The van der Waals surface area contributed by atoms with Crippen LogP contribution < -0.4 is 5.32 Å². The average molecular weight is 396 g/mol. The minimum atomic E-state index is -1.11. The number of nitrogens with one attached hydrogen (secondary N) is 1. The lowest BCUT2D eigenvalue weighted by Gasteiger charge is -2.03. The van der Waals surface area contributed by atoms with E-state index in [9.17, 15) is 14.0 Å². The van der Waals surface area contributed by atoms with Crippen LogP contribution in [-0.2, 0) is 9.53 Å². The summed E-state index contributed by atoms with van der Waals surface area (Å²) in [5.41, 5.74) is 0.893. The Morgan fingerprint density at radius 3 is 2.88 bits per heavy atom. The minimum Gasteiger partial charge on any atom is -0.461 e. The van der Waals surface area contributed by atoms with Crippen LogP contribution in [0, 0.1) is 5.92 Å². The van der Waals surface area contributed by atoms with Gasteiger partial charge in [0.15, 0.2) is 5.69 Å². The van der Waals surface area contributed by atoms with Gasteiger partial charge in [0.2, 0.25) is 5.91 Å². The van der Waals surface area contributed by atoms with E-state index in [1.165, 1.54) is 10.9 Å². The van der Waals surface area contributed by atoms with E-state index in [4.69, 9.17) is 4.74 Å². The van der Waals surface area contributed by atoms with Crippen molar-refractivity contribution in [2.24, 2.45) is 5.92 Å². The smallest absolute Gasteiger partial charge is 0.361 e. The second-order valence-corrected chi connectivity index (χ2v) is 6.30. The normalized spacial score (nSPS) is 19.0. The highest BCUT2D eigenvalue weighted by Gasteiger charge is 2.44. The molecule has 1 heterocycles. The summed E-state index contributed by atoms with van der Waals surface area (Å²) in [6.45, 7) is 1.87. The third-order valence-corrected chi connectivity index (χ3v) is 4.06. The van der Waals surface area contributed by atoms with E-state index in [2.05, 4.69) is 26.3 Å². The fraction of sp³-hybridized carbons (Fsp3) is 0.312. The molecule has 1 aliphatic rings. The van der Waals surface area contributed by atoms with Gasteiger partial charge in [-0.05, 0) is 31.5 Å². The Kier molecular flexibility index (Phi) is 4.66. The van der Waals surface area contributed by atoms with E-state index < -0.39 is 24.0 Å². The van der Waals surface area contributed by atoms with Crippen LogP contribution >= 0.6 is 15.9 Å². The van der Waals surface area contributed by atoms with Gasteiger partial charge in [-0.3, -0.25) is 4.79 Å². The molecule has 1 aromatic heterocycles. The van der Waals surface area contributed by atoms with Crippen molar-refractivity contribution in [1.82, 2.24) is 9.78 Å². The van der Waals surface area contributed by atoms with E-state index in [0.29, 0.717) is 5.69 Å². The highest BCUT2D eigenvalue weighted by atomic mass is 79.9. The predicted octanol–water partition coefficient (Wildman–Crippen LogP) is 3.11. The van der Waals surface area contributed by atoms with E-state index >= 15 is 0 Å². The van der Waals surface area contributed by atoms with Crippen LogP contribution in [0.5, 0.6) is 0 Å². The molecular formula is C16H15BrFN3O3. The summed E-state index contributed by atoms with van der Waals surface area (Å²) in [7, 11) is 0. The monoisotopic (exact) mass is 395 g/mol. The lowest BCUT2D eigenvalue weighted by Crippen LogP contribution is -2.17. The zero-order chi connectivity index (χ0) is 17.3. The van der Waals surface area contributed by atoms with Gasteiger partial charge in [0.05, 0.1) is 30.1 Å². The van der Waals surface area contributed by atoms with Crippen LogP contribution in [0.15, 0.2) is 34.9 Å². The molecule has 1 aromatic carbocycles. The number of esters is 1. The molecule has 8 heteroatoms. The first kappa shape index (κ1) is 16.6. The molecule has 0 aliphatic heterocycles.